The lowest BCUT2D eigenvalue weighted by atomic mass is 9.41. The van der Waals surface area contributed by atoms with Crippen LogP contribution < -0.4 is 5.32 Å². The highest BCUT2D eigenvalue weighted by Gasteiger charge is 2.68. The van der Waals surface area contributed by atoms with E-state index >= 15 is 0 Å². The highest BCUT2D eigenvalue weighted by molar-refractivity contribution is 6.00. The molecule has 0 aliphatic heterocycles. The quantitative estimate of drug-likeness (QED) is 0.0860. The molecule has 0 aromatic heterocycles. The first-order valence-corrected chi connectivity index (χ1v) is 37.7. The molecular weight excluding hydrogens is 1140 g/mol. The van der Waals surface area contributed by atoms with Crippen LogP contribution in [0.25, 0.3) is 0 Å². The summed E-state index contributed by atoms with van der Waals surface area (Å²) < 4.78 is 0. The number of aliphatic hydroxyl groups is 4. The summed E-state index contributed by atoms with van der Waals surface area (Å²) in [7, 11) is 1.72. The normalized spacial score (nSPS) is 48.8. The van der Waals surface area contributed by atoms with Gasteiger partial charge in [0, 0.05) is 38.1 Å². The number of aliphatic carboxylic acids is 2. The van der Waals surface area contributed by atoms with E-state index in [0.717, 1.165) is 133 Å². The van der Waals surface area contributed by atoms with Crippen LogP contribution in [-0.4, -0.2) is 91.5 Å². The van der Waals surface area contributed by atoms with Gasteiger partial charge in [0.05, 0.1) is 24.4 Å². The molecule has 1 amide bonds. The van der Waals surface area contributed by atoms with Gasteiger partial charge in [0.2, 0.25) is 5.91 Å². The topological polar surface area (TPSA) is 219 Å². The third-order valence-corrected chi connectivity index (χ3v) is 31.8. The maximum absolute atomic E-state index is 13.9. The Hall–Kier alpha value is -2.93. The summed E-state index contributed by atoms with van der Waals surface area (Å²) in [5.41, 5.74) is 3.10. The number of rotatable bonds is 13. The number of Topliss-reactive ketones (excluding diaryl/α,β-unsaturated/α-hetero) is 2. The molecule has 7 N–H and O–H groups in total. The first-order valence-electron chi connectivity index (χ1n) is 37.7. The third kappa shape index (κ3) is 12.2. The van der Waals surface area contributed by atoms with Gasteiger partial charge in [-0.2, -0.15) is 0 Å². The Morgan fingerprint density at radius 2 is 0.813 bits per heavy atom. The van der Waals surface area contributed by atoms with E-state index in [1.54, 1.807) is 7.05 Å². The number of allylic oxidation sites excluding steroid dienone is 4. The number of carbonyl (C=O) groups is 5. The smallest absolute Gasteiger partial charge is 0.303 e. The van der Waals surface area contributed by atoms with Gasteiger partial charge in [-0.05, 0) is 312 Å². The summed E-state index contributed by atoms with van der Waals surface area (Å²) in [5, 5.41) is 63.9. The lowest BCUT2D eigenvalue weighted by molar-refractivity contribution is -0.203. The fraction of sp³-hybridized carbons (Fsp3) is 0.886. The van der Waals surface area contributed by atoms with Gasteiger partial charge in [-0.25, -0.2) is 0 Å². The van der Waals surface area contributed by atoms with Crippen LogP contribution in [0, 0.1) is 145 Å². The largest absolute Gasteiger partial charge is 0.481 e. The van der Waals surface area contributed by atoms with Crippen molar-refractivity contribution in [2.24, 2.45) is 145 Å². The lowest BCUT2D eigenvalue weighted by Gasteiger charge is -2.64. The zero-order valence-corrected chi connectivity index (χ0v) is 59.0. The maximum atomic E-state index is 13.9. The first kappa shape index (κ1) is 70.9. The molecule has 0 saturated heterocycles. The molecule has 12 saturated carbocycles. The maximum Gasteiger partial charge on any atom is 0.303 e. The van der Waals surface area contributed by atoms with E-state index in [9.17, 15) is 44.4 Å². The molecule has 9 unspecified atom stereocenters. The zero-order valence-electron chi connectivity index (χ0n) is 59.0. The molecule has 29 atom stereocenters. The van der Waals surface area contributed by atoms with Crippen molar-refractivity contribution in [1.82, 2.24) is 5.32 Å². The number of amides is 1. The molecule has 0 aromatic rings. The fourth-order valence-electron chi connectivity index (χ4n) is 27.1. The summed E-state index contributed by atoms with van der Waals surface area (Å²) in [5.74, 6) is 7.26. The van der Waals surface area contributed by atoms with Crippen LogP contribution >= 0.6 is 0 Å². The average molecular weight is 1270 g/mol. The van der Waals surface area contributed by atoms with E-state index in [0.29, 0.717) is 107 Å². The van der Waals surface area contributed by atoms with Crippen molar-refractivity contribution in [2.45, 2.75) is 287 Å². The van der Waals surface area contributed by atoms with E-state index in [-0.39, 0.29) is 99.3 Å². The monoisotopic (exact) mass is 1270 g/mol. The number of hydrogen-bond acceptors (Lipinski definition) is 9. The molecular formula is C79H127NO11. The molecule has 0 heterocycles. The van der Waals surface area contributed by atoms with Crippen LogP contribution in [0.3, 0.4) is 0 Å². The van der Waals surface area contributed by atoms with Crippen LogP contribution in [0.2, 0.25) is 0 Å². The highest BCUT2D eigenvalue weighted by atomic mass is 16.4. The van der Waals surface area contributed by atoms with Crippen molar-refractivity contribution in [3.8, 4) is 0 Å². The second-order valence-corrected chi connectivity index (χ2v) is 35.3. The lowest BCUT2D eigenvalue weighted by Crippen LogP contribution is -2.62. The molecule has 91 heavy (non-hydrogen) atoms. The zero-order chi connectivity index (χ0) is 66.2. The Bertz CT molecular complexity index is 2720. The van der Waals surface area contributed by atoms with Crippen LogP contribution in [0.15, 0.2) is 23.3 Å². The van der Waals surface area contributed by atoms with Crippen LogP contribution in [0.4, 0.5) is 0 Å². The number of ketones is 2. The minimum atomic E-state index is -0.705. The van der Waals surface area contributed by atoms with Gasteiger partial charge in [-0.1, -0.05) is 87.8 Å². The van der Waals surface area contributed by atoms with Crippen LogP contribution in [-0.2, 0) is 24.0 Å². The molecule has 0 aromatic carbocycles. The molecule has 0 bridgehead atoms. The molecule has 0 spiro atoms. The number of fused-ring (bicyclic) bond motifs is 15. The molecule has 12 rings (SSSR count). The van der Waals surface area contributed by atoms with Crippen molar-refractivity contribution >= 4 is 29.4 Å². The Morgan fingerprint density at radius 3 is 1.21 bits per heavy atom. The van der Waals surface area contributed by atoms with Crippen LogP contribution in [0.1, 0.15) is 263 Å². The predicted octanol–water partition coefficient (Wildman–Crippen LogP) is 15.3. The van der Waals surface area contributed by atoms with Crippen molar-refractivity contribution in [3.05, 3.63) is 23.3 Å². The number of carbonyl (C=O) groups excluding carboxylic acids is 3. The number of carboxylic acid groups (broad SMARTS) is 2. The van der Waals surface area contributed by atoms with Crippen LogP contribution in [0.5, 0.6) is 0 Å². The molecule has 12 fully saturated rings. The van der Waals surface area contributed by atoms with E-state index in [2.05, 4.69) is 80.6 Å². The Morgan fingerprint density at radius 1 is 0.473 bits per heavy atom. The molecule has 12 aliphatic rings. The molecule has 12 nitrogen and oxygen atoms in total. The van der Waals surface area contributed by atoms with E-state index < -0.39 is 11.9 Å². The Kier molecular flexibility index (Phi) is 21.2. The number of hydrogen-bond donors (Lipinski definition) is 7. The van der Waals surface area contributed by atoms with Gasteiger partial charge in [0.1, 0.15) is 0 Å². The van der Waals surface area contributed by atoms with E-state index in [1.165, 1.54) is 38.5 Å². The van der Waals surface area contributed by atoms with Gasteiger partial charge in [0.15, 0.2) is 11.6 Å². The summed E-state index contributed by atoms with van der Waals surface area (Å²) in [6.45, 7) is 27.7. The molecule has 12 aliphatic carbocycles. The summed E-state index contributed by atoms with van der Waals surface area (Å²) >= 11 is 0. The van der Waals surface area contributed by atoms with E-state index in [1.807, 2.05) is 19.9 Å². The van der Waals surface area contributed by atoms with Crippen molar-refractivity contribution in [3.63, 3.8) is 0 Å². The summed E-state index contributed by atoms with van der Waals surface area (Å²) in [6, 6.07) is 0. The fourth-order valence-corrected chi connectivity index (χ4v) is 27.1. The van der Waals surface area contributed by atoms with Crippen molar-refractivity contribution in [1.29, 1.82) is 0 Å². The van der Waals surface area contributed by atoms with Gasteiger partial charge in [0.25, 0.3) is 0 Å². The van der Waals surface area contributed by atoms with Crippen molar-refractivity contribution < 1.29 is 54.6 Å². The van der Waals surface area contributed by atoms with Crippen molar-refractivity contribution in [2.75, 3.05) is 7.05 Å². The SMILES string of the molecule is C/C=C1/C(=O)C2C3CC[C@H]([C@H](C)CCC(=O)NC)[C@@]3(C)CCC2[C@@]2(C)CC[C@@H](O)C[C@@H]12.C/C=C1/C(=O)C2C3CC[C@H]([C@H](C)CCC(=O)O)[C@@]3(C)CCC2[C@@]2(C)CC[C@@H](O)C[C@@H]12.CC[C@H]1[C@@H](O)C2C3CC[C@H]([C@H](C)CCC(=O)O)[C@@]3(C)CCC2[C@@]2(C)CC[C@@H](O)C[C@@H]12. The van der Waals surface area contributed by atoms with Gasteiger partial charge in [-0.15, -0.1) is 0 Å². The Labute approximate surface area is 549 Å². The number of aliphatic hydroxyl groups excluding tert-OH is 4. The van der Waals surface area contributed by atoms with Gasteiger partial charge in [-0.3, -0.25) is 24.0 Å². The average Bonchev–Trinajstić information content (AvgIpc) is 1.71. The van der Waals surface area contributed by atoms with E-state index in [4.69, 9.17) is 10.2 Å². The Balaban J connectivity index is 0.000000150. The molecule has 12 heteroatoms. The van der Waals surface area contributed by atoms with Gasteiger partial charge < -0.3 is 36.0 Å². The second-order valence-electron chi connectivity index (χ2n) is 35.3. The number of carboxylic acids is 2. The number of nitrogens with one attached hydrogen (secondary N) is 1. The minimum absolute atomic E-state index is 0.114. The minimum Gasteiger partial charge on any atom is -0.481 e. The second kappa shape index (κ2) is 27.2. The molecule has 514 valence electrons. The summed E-state index contributed by atoms with van der Waals surface area (Å²) in [4.78, 5) is 61.8. The van der Waals surface area contributed by atoms with Gasteiger partial charge >= 0.3 is 11.9 Å². The third-order valence-electron chi connectivity index (χ3n) is 31.8. The predicted molar refractivity (Wildman–Crippen MR) is 358 cm³/mol. The molecule has 0 radical (unpaired) electrons. The highest BCUT2D eigenvalue weighted by Crippen LogP contribution is 2.73. The first-order chi connectivity index (χ1) is 42.9. The summed E-state index contributed by atoms with van der Waals surface area (Å²) in [6.07, 6.45) is 29.9. The standard InChI is InChI=1S/C27H43NO3.C26H44O4.C26H40O4/c1-6-18-22-15-17(29)11-13-27(22,4)21-12-14-26(3)19(16(2)7-10-23(30)28-5)8-9-20(26)24(21)25(18)31;2*1-5-17-21-14-16(27)10-12-26(21,4)20-11-13-25(3)18(15(2)6-9-22(28)29)7-8-19(25)23(20)24(17)30/h6,16-17,19-22,24,29H,7-15H2,1-5H3,(H,28,30);15-21,23-24,27,30H,5-14H2,1-4H3,(H,28,29);5,15-16,18-21,23,27H,6-14H2,1-4H3,(H,28,29)/b18-6+;;17-5+/t16-,17-,19-,20?,21?,22+,24?,26-,27-;15-,16-,17-,18-,19?,20?,21+,23?,24-,25-,26-;15-,16-,18-,19?,20?,21+,23?,25-,26-/m111/s1.